The molecule has 3 rings (SSSR count). The number of nitriles is 1. The molecule has 7 heteroatoms. The zero-order valence-corrected chi connectivity index (χ0v) is 19.0. The van der Waals surface area contributed by atoms with Gasteiger partial charge >= 0.3 is 0 Å². The van der Waals surface area contributed by atoms with Gasteiger partial charge in [0, 0.05) is 27.0 Å². The van der Waals surface area contributed by atoms with Gasteiger partial charge in [-0.25, -0.2) is 5.01 Å². The number of hydrazone groups is 1. The molecule has 0 saturated carbocycles. The lowest BCUT2D eigenvalue weighted by Gasteiger charge is -2.19. The van der Waals surface area contributed by atoms with Crippen LogP contribution >= 0.6 is 39.1 Å². The lowest BCUT2D eigenvalue weighted by molar-refractivity contribution is -0.116. The average Bonchev–Trinajstić information content (AvgIpc) is 2.72. The zero-order valence-electron chi connectivity index (χ0n) is 15.9. The number of carbonyl (C=O) groups is 1. The second-order valence-electron chi connectivity index (χ2n) is 6.42. The zero-order chi connectivity index (χ0) is 21.7. The number of rotatable bonds is 5. The van der Waals surface area contributed by atoms with Crippen molar-refractivity contribution >= 4 is 56.9 Å². The fourth-order valence-corrected chi connectivity index (χ4v) is 4.16. The van der Waals surface area contributed by atoms with Gasteiger partial charge in [-0.15, -0.1) is 0 Å². The second-order valence-corrected chi connectivity index (χ2v) is 8.12. The van der Waals surface area contributed by atoms with Crippen LogP contribution in [0.15, 0.2) is 76.3 Å². The molecule has 3 aromatic carbocycles. The van der Waals surface area contributed by atoms with E-state index in [9.17, 15) is 10.1 Å². The number of amides is 1. The van der Waals surface area contributed by atoms with Crippen molar-refractivity contribution in [2.75, 3.05) is 5.01 Å². The van der Waals surface area contributed by atoms with Crippen LogP contribution in [-0.4, -0.2) is 12.1 Å². The van der Waals surface area contributed by atoms with Crippen LogP contribution in [0.2, 0.25) is 10.0 Å². The number of halogens is 3. The van der Waals surface area contributed by atoms with Gasteiger partial charge in [0.2, 0.25) is 5.91 Å². The Bertz CT molecular complexity index is 1100. The molecule has 0 spiro atoms. The smallest absolute Gasteiger partial charge is 0.244 e. The average molecular weight is 501 g/mol. The minimum Gasteiger partial charge on any atom is -0.273 e. The number of hydrogen-bond acceptors (Lipinski definition) is 3. The molecule has 0 heterocycles. The minimum atomic E-state index is -0.600. The number of carbonyl (C=O) groups excluding carboxylic acids is 1. The summed E-state index contributed by atoms with van der Waals surface area (Å²) >= 11 is 16.0. The van der Waals surface area contributed by atoms with Crippen molar-refractivity contribution < 1.29 is 4.79 Å². The summed E-state index contributed by atoms with van der Waals surface area (Å²) in [6.45, 7) is 1.42. The molecule has 3 aromatic rings. The third-order valence-electron chi connectivity index (χ3n) is 4.35. The van der Waals surface area contributed by atoms with Crippen molar-refractivity contribution in [1.29, 1.82) is 5.26 Å². The van der Waals surface area contributed by atoms with E-state index < -0.39 is 5.92 Å². The minimum absolute atomic E-state index is 0.271. The highest BCUT2D eigenvalue weighted by molar-refractivity contribution is 9.10. The topological polar surface area (TPSA) is 56.5 Å². The summed E-state index contributed by atoms with van der Waals surface area (Å²) in [5, 5.41) is 16.3. The van der Waals surface area contributed by atoms with Gasteiger partial charge in [0.15, 0.2) is 0 Å². The van der Waals surface area contributed by atoms with Crippen molar-refractivity contribution in [3.05, 3.63) is 97.9 Å². The number of nitrogens with zero attached hydrogens (tertiary/aromatic N) is 3. The standard InChI is InChI=1S/C23H16BrCl2N3O/c1-15(30)29(28-14-16-5-3-2-4-6-16)19-11-21(24)23(22(26)12-19)20(13-27)17-7-9-18(25)10-8-17/h2-12,14,20H,1H3/b28-14+. The van der Waals surface area contributed by atoms with E-state index >= 15 is 0 Å². The fourth-order valence-electron chi connectivity index (χ4n) is 2.92. The van der Waals surface area contributed by atoms with Crippen LogP contribution in [0.25, 0.3) is 0 Å². The largest absolute Gasteiger partial charge is 0.273 e. The molecular formula is C23H16BrCl2N3O. The van der Waals surface area contributed by atoms with Crippen LogP contribution in [0.3, 0.4) is 0 Å². The monoisotopic (exact) mass is 499 g/mol. The first-order valence-corrected chi connectivity index (χ1v) is 10.5. The highest BCUT2D eigenvalue weighted by Gasteiger charge is 2.22. The molecule has 150 valence electrons. The molecule has 4 nitrogen and oxygen atoms in total. The first-order chi connectivity index (χ1) is 14.4. The van der Waals surface area contributed by atoms with Crippen molar-refractivity contribution in [3.63, 3.8) is 0 Å². The Balaban J connectivity index is 1.99. The third kappa shape index (κ3) is 5.09. The molecule has 1 atom stereocenters. The van der Waals surface area contributed by atoms with Crippen molar-refractivity contribution in [2.45, 2.75) is 12.8 Å². The van der Waals surface area contributed by atoms with Gasteiger partial charge in [0.25, 0.3) is 0 Å². The summed E-state index contributed by atoms with van der Waals surface area (Å²) in [5.74, 6) is -0.871. The number of hydrogen-bond donors (Lipinski definition) is 0. The molecule has 0 aromatic heterocycles. The van der Waals surface area contributed by atoms with Gasteiger partial charge in [-0.05, 0) is 35.4 Å². The predicted molar refractivity (Wildman–Crippen MR) is 125 cm³/mol. The van der Waals surface area contributed by atoms with Crippen molar-refractivity contribution in [3.8, 4) is 6.07 Å². The van der Waals surface area contributed by atoms with Crippen LogP contribution in [0, 0.1) is 11.3 Å². The van der Waals surface area contributed by atoms with E-state index in [0.29, 0.717) is 25.8 Å². The van der Waals surface area contributed by atoms with Crippen LogP contribution < -0.4 is 5.01 Å². The molecule has 0 saturated heterocycles. The van der Waals surface area contributed by atoms with Gasteiger partial charge in [0.05, 0.1) is 23.9 Å². The van der Waals surface area contributed by atoms with Crippen LogP contribution in [0.4, 0.5) is 5.69 Å². The normalized spacial score (nSPS) is 11.8. The molecule has 30 heavy (non-hydrogen) atoms. The summed E-state index contributed by atoms with van der Waals surface area (Å²) in [6, 6.07) is 22.1. The first-order valence-electron chi connectivity index (χ1n) is 8.94. The van der Waals surface area contributed by atoms with E-state index in [0.717, 1.165) is 11.1 Å². The molecule has 0 radical (unpaired) electrons. The Morgan fingerprint density at radius 1 is 1.13 bits per heavy atom. The lowest BCUT2D eigenvalue weighted by atomic mass is 9.92. The molecular weight excluding hydrogens is 485 g/mol. The van der Waals surface area contributed by atoms with Crippen molar-refractivity contribution in [2.24, 2.45) is 5.10 Å². The van der Waals surface area contributed by atoms with Gasteiger partial charge in [-0.3, -0.25) is 4.79 Å². The van der Waals surface area contributed by atoms with Gasteiger partial charge < -0.3 is 0 Å². The van der Waals surface area contributed by atoms with E-state index in [2.05, 4.69) is 27.1 Å². The maximum absolute atomic E-state index is 12.2. The van der Waals surface area contributed by atoms with Gasteiger partial charge in [0.1, 0.15) is 0 Å². The molecule has 0 aliphatic heterocycles. The summed E-state index contributed by atoms with van der Waals surface area (Å²) in [6.07, 6.45) is 1.60. The Hall–Kier alpha value is -2.65. The molecule has 1 amide bonds. The Kier molecular flexibility index (Phi) is 7.28. The highest BCUT2D eigenvalue weighted by atomic mass is 79.9. The van der Waals surface area contributed by atoms with E-state index in [1.165, 1.54) is 11.9 Å². The predicted octanol–water partition coefficient (Wildman–Crippen LogP) is 6.80. The van der Waals surface area contributed by atoms with Gasteiger partial charge in [-0.1, -0.05) is 81.6 Å². The Morgan fingerprint density at radius 2 is 1.80 bits per heavy atom. The number of benzene rings is 3. The quantitative estimate of drug-likeness (QED) is 0.285. The Labute approximate surface area is 193 Å². The maximum Gasteiger partial charge on any atom is 0.244 e. The SMILES string of the molecule is CC(=O)N(/N=C/c1ccccc1)c1cc(Cl)c(C(C#N)c2ccc(Cl)cc2)c(Br)c1. The summed E-state index contributed by atoms with van der Waals surface area (Å²) in [5.41, 5.74) is 2.73. The molecule has 0 N–H and O–H groups in total. The maximum atomic E-state index is 12.2. The van der Waals surface area contributed by atoms with E-state index in [1.54, 1.807) is 42.6 Å². The molecule has 0 fully saturated rings. The lowest BCUT2D eigenvalue weighted by Crippen LogP contribution is -2.22. The molecule has 1 unspecified atom stereocenters. The van der Waals surface area contributed by atoms with Gasteiger partial charge in [-0.2, -0.15) is 10.4 Å². The van der Waals surface area contributed by atoms with E-state index in [4.69, 9.17) is 23.2 Å². The van der Waals surface area contributed by atoms with E-state index in [1.807, 2.05) is 30.3 Å². The van der Waals surface area contributed by atoms with Crippen LogP contribution in [-0.2, 0) is 4.79 Å². The summed E-state index contributed by atoms with van der Waals surface area (Å²) in [7, 11) is 0. The highest BCUT2D eigenvalue weighted by Crippen LogP contribution is 2.39. The third-order valence-corrected chi connectivity index (χ3v) is 5.57. The summed E-state index contributed by atoms with van der Waals surface area (Å²) in [4.78, 5) is 12.2. The van der Waals surface area contributed by atoms with E-state index in [-0.39, 0.29) is 5.91 Å². The summed E-state index contributed by atoms with van der Waals surface area (Å²) < 4.78 is 0.604. The fraction of sp³-hybridized carbons (Fsp3) is 0.0870. The molecule has 0 aliphatic carbocycles. The number of anilines is 1. The molecule has 0 aliphatic rings. The first kappa shape index (κ1) is 22.0. The second kappa shape index (κ2) is 9.90. The molecule has 0 bridgehead atoms. The van der Waals surface area contributed by atoms with Crippen molar-refractivity contribution in [1.82, 2.24) is 0 Å². The van der Waals surface area contributed by atoms with Crippen LogP contribution in [0.5, 0.6) is 0 Å². The Morgan fingerprint density at radius 3 is 2.37 bits per heavy atom. The van der Waals surface area contributed by atoms with Crippen LogP contribution in [0.1, 0.15) is 29.5 Å².